The fourth-order valence-corrected chi connectivity index (χ4v) is 1.76. The van der Waals surface area contributed by atoms with Crippen LogP contribution in [-0.4, -0.2) is 23.6 Å². The van der Waals surface area contributed by atoms with Crippen molar-refractivity contribution < 1.29 is 5.11 Å². The fourth-order valence-electron chi connectivity index (χ4n) is 1.76. The molecular weight excluding hydrogens is 162 g/mol. The van der Waals surface area contributed by atoms with Gasteiger partial charge in [-0.2, -0.15) is 0 Å². The molecule has 0 radical (unpaired) electrons. The van der Waals surface area contributed by atoms with Crippen molar-refractivity contribution in [2.75, 3.05) is 13.6 Å². The second-order valence-electron chi connectivity index (χ2n) is 3.76. The smallest absolute Gasteiger partial charge is 0.0765 e. The van der Waals surface area contributed by atoms with Crippen LogP contribution in [0, 0.1) is 0 Å². The Labute approximate surface area is 78.8 Å². The molecule has 1 aromatic rings. The summed E-state index contributed by atoms with van der Waals surface area (Å²) in [5.74, 6) is 0. The lowest BCUT2D eigenvalue weighted by molar-refractivity contribution is 0.198. The molecule has 0 aliphatic carbocycles. The number of benzene rings is 1. The van der Waals surface area contributed by atoms with E-state index in [2.05, 4.69) is 18.0 Å². The first-order valence-corrected chi connectivity index (χ1v) is 4.67. The third-order valence-electron chi connectivity index (χ3n) is 2.66. The molecule has 0 aromatic heterocycles. The molecule has 1 heterocycles. The molecule has 1 aliphatic rings. The molecule has 1 saturated heterocycles. The highest BCUT2D eigenvalue weighted by atomic mass is 16.3. The number of hydrogen-bond acceptors (Lipinski definition) is 2. The summed E-state index contributed by atoms with van der Waals surface area (Å²) in [4.78, 5) is 2.27. The summed E-state index contributed by atoms with van der Waals surface area (Å²) in [6.45, 7) is 2.94. The van der Waals surface area contributed by atoms with E-state index in [1.165, 1.54) is 5.56 Å². The minimum Gasteiger partial charge on any atom is -0.389 e. The van der Waals surface area contributed by atoms with Gasteiger partial charge in [0.15, 0.2) is 0 Å². The summed E-state index contributed by atoms with van der Waals surface area (Å²) < 4.78 is 0. The summed E-state index contributed by atoms with van der Waals surface area (Å²) in [5, 5.41) is 9.55. The zero-order valence-corrected chi connectivity index (χ0v) is 8.07. The third-order valence-corrected chi connectivity index (χ3v) is 2.66. The van der Waals surface area contributed by atoms with Crippen molar-refractivity contribution in [2.24, 2.45) is 0 Å². The summed E-state index contributed by atoms with van der Waals surface area (Å²) in [7, 11) is 2.10. The van der Waals surface area contributed by atoms with Crippen LogP contribution >= 0.6 is 0 Å². The zero-order chi connectivity index (χ0) is 9.42. The minimum absolute atomic E-state index is 0.356. The molecule has 2 rings (SSSR count). The van der Waals surface area contributed by atoms with Gasteiger partial charge in [-0.3, -0.25) is 4.90 Å². The van der Waals surface area contributed by atoms with Gasteiger partial charge in [0.25, 0.3) is 0 Å². The molecule has 1 fully saturated rings. The standard InChI is InChI=1S/C11H15NO/c1-8(13)9-5-3-4-6-10(9)11-7-12(11)2/h3-6,8,11,13H,7H2,1-2H3/t8?,11-,12?/m1/s1. The van der Waals surface area contributed by atoms with Crippen LogP contribution in [-0.2, 0) is 0 Å². The predicted molar refractivity (Wildman–Crippen MR) is 52.4 cm³/mol. The molecule has 0 bridgehead atoms. The van der Waals surface area contributed by atoms with Crippen molar-refractivity contribution in [1.82, 2.24) is 4.90 Å². The summed E-state index contributed by atoms with van der Waals surface area (Å²) >= 11 is 0. The van der Waals surface area contributed by atoms with Crippen molar-refractivity contribution in [2.45, 2.75) is 19.1 Å². The molecule has 0 amide bonds. The lowest BCUT2D eigenvalue weighted by atomic mass is 10.0. The van der Waals surface area contributed by atoms with Crippen molar-refractivity contribution in [3.8, 4) is 0 Å². The maximum absolute atomic E-state index is 9.55. The monoisotopic (exact) mass is 177 g/mol. The van der Waals surface area contributed by atoms with E-state index >= 15 is 0 Å². The van der Waals surface area contributed by atoms with Gasteiger partial charge in [0.2, 0.25) is 0 Å². The lowest BCUT2D eigenvalue weighted by Crippen LogP contribution is -1.98. The molecule has 0 saturated carbocycles. The van der Waals surface area contributed by atoms with Gasteiger partial charge in [-0.15, -0.1) is 0 Å². The topological polar surface area (TPSA) is 23.2 Å². The van der Waals surface area contributed by atoms with E-state index in [0.717, 1.165) is 12.1 Å². The van der Waals surface area contributed by atoms with Gasteiger partial charge >= 0.3 is 0 Å². The molecule has 1 N–H and O–H groups in total. The molecule has 2 unspecified atom stereocenters. The highest BCUT2D eigenvalue weighted by Gasteiger charge is 2.33. The van der Waals surface area contributed by atoms with Crippen molar-refractivity contribution in [1.29, 1.82) is 0 Å². The number of nitrogens with zero attached hydrogens (tertiary/aromatic N) is 1. The van der Waals surface area contributed by atoms with E-state index in [0.29, 0.717) is 6.04 Å². The average molecular weight is 177 g/mol. The van der Waals surface area contributed by atoms with Gasteiger partial charge in [-0.25, -0.2) is 0 Å². The molecule has 1 aromatic carbocycles. The Bertz CT molecular complexity index is 309. The Morgan fingerprint density at radius 3 is 2.62 bits per heavy atom. The van der Waals surface area contributed by atoms with Gasteiger partial charge in [0, 0.05) is 12.6 Å². The minimum atomic E-state index is -0.356. The first-order valence-electron chi connectivity index (χ1n) is 4.67. The highest BCUT2D eigenvalue weighted by Crippen LogP contribution is 2.36. The van der Waals surface area contributed by atoms with Gasteiger partial charge in [0.1, 0.15) is 0 Å². The van der Waals surface area contributed by atoms with Crippen LogP contribution in [0.15, 0.2) is 24.3 Å². The number of likely N-dealkylation sites (N-methyl/N-ethyl adjacent to an activating group) is 1. The van der Waals surface area contributed by atoms with Crippen LogP contribution in [0.2, 0.25) is 0 Å². The van der Waals surface area contributed by atoms with Crippen molar-refractivity contribution in [3.05, 3.63) is 35.4 Å². The molecule has 2 heteroatoms. The molecule has 2 nitrogen and oxygen atoms in total. The molecular formula is C11H15NO. The first-order chi connectivity index (χ1) is 6.20. The number of rotatable bonds is 2. The maximum Gasteiger partial charge on any atom is 0.0765 e. The van der Waals surface area contributed by atoms with Crippen LogP contribution in [0.3, 0.4) is 0 Å². The Morgan fingerprint density at radius 2 is 2.08 bits per heavy atom. The van der Waals surface area contributed by atoms with Crippen LogP contribution in [0.25, 0.3) is 0 Å². The highest BCUT2D eigenvalue weighted by molar-refractivity contribution is 5.34. The maximum atomic E-state index is 9.55. The molecule has 0 spiro atoms. The van der Waals surface area contributed by atoms with Gasteiger partial charge in [0.05, 0.1) is 6.10 Å². The fraction of sp³-hybridized carbons (Fsp3) is 0.455. The third kappa shape index (κ3) is 1.60. The summed E-state index contributed by atoms with van der Waals surface area (Å²) in [6, 6.07) is 8.66. The van der Waals surface area contributed by atoms with Crippen LogP contribution < -0.4 is 0 Å². The average Bonchev–Trinajstić information content (AvgIpc) is 2.82. The van der Waals surface area contributed by atoms with Crippen LogP contribution in [0.4, 0.5) is 0 Å². The van der Waals surface area contributed by atoms with Gasteiger partial charge in [-0.05, 0) is 25.1 Å². The van der Waals surface area contributed by atoms with E-state index in [1.807, 2.05) is 25.1 Å². The van der Waals surface area contributed by atoms with Gasteiger partial charge in [-0.1, -0.05) is 24.3 Å². The molecule has 3 atom stereocenters. The van der Waals surface area contributed by atoms with E-state index < -0.39 is 0 Å². The van der Waals surface area contributed by atoms with Crippen molar-refractivity contribution in [3.63, 3.8) is 0 Å². The largest absolute Gasteiger partial charge is 0.389 e. The molecule has 13 heavy (non-hydrogen) atoms. The summed E-state index contributed by atoms with van der Waals surface area (Å²) in [5.41, 5.74) is 2.34. The van der Waals surface area contributed by atoms with E-state index in [4.69, 9.17) is 0 Å². The van der Waals surface area contributed by atoms with Crippen LogP contribution in [0.5, 0.6) is 0 Å². The molecule has 70 valence electrons. The number of aliphatic hydroxyl groups is 1. The number of aliphatic hydroxyl groups excluding tert-OH is 1. The van der Waals surface area contributed by atoms with Crippen molar-refractivity contribution >= 4 is 0 Å². The van der Waals surface area contributed by atoms with E-state index in [9.17, 15) is 5.11 Å². The zero-order valence-electron chi connectivity index (χ0n) is 8.07. The Morgan fingerprint density at radius 1 is 1.46 bits per heavy atom. The SMILES string of the molecule is CC(O)c1ccccc1[C@H]1CN1C. The lowest BCUT2D eigenvalue weighted by Gasteiger charge is -2.10. The first kappa shape index (κ1) is 8.73. The predicted octanol–water partition coefficient (Wildman–Crippen LogP) is 1.73. The number of hydrogen-bond donors (Lipinski definition) is 1. The molecule has 1 aliphatic heterocycles. The Balaban J connectivity index is 2.33. The quantitative estimate of drug-likeness (QED) is 0.695. The second kappa shape index (κ2) is 3.13. The Kier molecular flexibility index (Phi) is 2.10. The summed E-state index contributed by atoms with van der Waals surface area (Å²) in [6.07, 6.45) is -0.356. The normalized spacial score (nSPS) is 28.5. The Hall–Kier alpha value is -0.860. The van der Waals surface area contributed by atoms with E-state index in [1.54, 1.807) is 0 Å². The van der Waals surface area contributed by atoms with Crippen LogP contribution in [0.1, 0.15) is 30.2 Å². The van der Waals surface area contributed by atoms with E-state index in [-0.39, 0.29) is 6.10 Å². The second-order valence-corrected chi connectivity index (χ2v) is 3.76. The van der Waals surface area contributed by atoms with Gasteiger partial charge < -0.3 is 5.11 Å².